The molecule has 1 aromatic rings. The van der Waals surface area contributed by atoms with Gasteiger partial charge in [0.1, 0.15) is 6.42 Å². The lowest BCUT2D eigenvalue weighted by atomic mass is 10.1. The molecule has 1 heterocycles. The fraction of sp³-hybridized carbons (Fsp3) is 0.167. The van der Waals surface area contributed by atoms with E-state index in [0.717, 1.165) is 4.90 Å². The van der Waals surface area contributed by atoms with Crippen molar-refractivity contribution in [2.45, 2.75) is 13.0 Å². The highest BCUT2D eigenvalue weighted by atomic mass is 16.2. The predicted molar refractivity (Wildman–Crippen MR) is 59.9 cm³/mol. The number of hydrogen-bond acceptors (Lipinski definition) is 4. The molecule has 0 unspecified atom stereocenters. The Kier molecular flexibility index (Phi) is 3.06. The number of nitrogens with zero attached hydrogens (tertiary/aromatic N) is 2. The van der Waals surface area contributed by atoms with Crippen LogP contribution in [-0.4, -0.2) is 22.7 Å². The van der Waals surface area contributed by atoms with E-state index in [4.69, 9.17) is 5.26 Å². The molecule has 2 rings (SSSR count). The standard InChI is InChI=1S/C12H9N3O3/c13-6-8-2-1-3-9(4-8)7-15-11(17)5-10(16)14-12(15)18/h1-4H,5,7H2,(H,14,16,18). The van der Waals surface area contributed by atoms with Crippen molar-refractivity contribution in [1.82, 2.24) is 10.2 Å². The van der Waals surface area contributed by atoms with Crippen molar-refractivity contribution in [2.24, 2.45) is 0 Å². The maximum absolute atomic E-state index is 11.6. The molecule has 18 heavy (non-hydrogen) atoms. The normalized spacial score (nSPS) is 15.3. The van der Waals surface area contributed by atoms with Crippen molar-refractivity contribution >= 4 is 17.8 Å². The minimum absolute atomic E-state index is 0.0491. The number of hydrogen-bond donors (Lipinski definition) is 1. The average Bonchev–Trinajstić information content (AvgIpc) is 2.34. The number of amides is 4. The van der Waals surface area contributed by atoms with Gasteiger partial charge in [-0.1, -0.05) is 12.1 Å². The summed E-state index contributed by atoms with van der Waals surface area (Å²) >= 11 is 0. The molecular weight excluding hydrogens is 234 g/mol. The Morgan fingerprint density at radius 1 is 1.33 bits per heavy atom. The Labute approximate surface area is 103 Å². The first-order chi connectivity index (χ1) is 8.60. The zero-order chi connectivity index (χ0) is 13.1. The van der Waals surface area contributed by atoms with E-state index in [9.17, 15) is 14.4 Å². The number of rotatable bonds is 2. The molecule has 0 bridgehead atoms. The molecule has 4 amide bonds. The van der Waals surface area contributed by atoms with Crippen LogP contribution in [0.4, 0.5) is 4.79 Å². The third-order valence-electron chi connectivity index (χ3n) is 2.50. The zero-order valence-corrected chi connectivity index (χ0v) is 9.34. The monoisotopic (exact) mass is 243 g/mol. The van der Waals surface area contributed by atoms with Crippen molar-refractivity contribution in [2.75, 3.05) is 0 Å². The average molecular weight is 243 g/mol. The SMILES string of the molecule is N#Cc1cccc(CN2C(=O)CC(=O)NC2=O)c1. The lowest BCUT2D eigenvalue weighted by Gasteiger charge is -2.24. The van der Waals surface area contributed by atoms with Gasteiger partial charge in [0.15, 0.2) is 0 Å². The van der Waals surface area contributed by atoms with Crippen molar-refractivity contribution < 1.29 is 14.4 Å². The van der Waals surface area contributed by atoms with Crippen LogP contribution in [0.5, 0.6) is 0 Å². The molecule has 1 saturated heterocycles. The van der Waals surface area contributed by atoms with Crippen molar-refractivity contribution in [1.29, 1.82) is 5.26 Å². The maximum atomic E-state index is 11.6. The van der Waals surface area contributed by atoms with Gasteiger partial charge in [-0.2, -0.15) is 5.26 Å². The number of carbonyl (C=O) groups is 3. The van der Waals surface area contributed by atoms with E-state index in [1.54, 1.807) is 24.3 Å². The Morgan fingerprint density at radius 2 is 2.11 bits per heavy atom. The second-order valence-electron chi connectivity index (χ2n) is 3.82. The van der Waals surface area contributed by atoms with E-state index in [2.05, 4.69) is 5.32 Å². The first-order valence-electron chi connectivity index (χ1n) is 5.23. The van der Waals surface area contributed by atoms with Crippen molar-refractivity contribution in [3.05, 3.63) is 35.4 Å². The Morgan fingerprint density at radius 3 is 2.78 bits per heavy atom. The molecule has 0 radical (unpaired) electrons. The number of imide groups is 2. The van der Waals surface area contributed by atoms with Gasteiger partial charge in [0.05, 0.1) is 18.2 Å². The minimum Gasteiger partial charge on any atom is -0.277 e. The van der Waals surface area contributed by atoms with Gasteiger partial charge in [0.2, 0.25) is 11.8 Å². The van der Waals surface area contributed by atoms with E-state index in [0.29, 0.717) is 11.1 Å². The van der Waals surface area contributed by atoms with Crippen molar-refractivity contribution in [3.8, 4) is 6.07 Å². The predicted octanol–water partition coefficient (Wildman–Crippen LogP) is 0.527. The number of carbonyl (C=O) groups excluding carboxylic acids is 3. The van der Waals surface area contributed by atoms with Crippen LogP contribution in [0.15, 0.2) is 24.3 Å². The largest absolute Gasteiger partial charge is 0.331 e. The van der Waals surface area contributed by atoms with Gasteiger partial charge >= 0.3 is 6.03 Å². The van der Waals surface area contributed by atoms with Gasteiger partial charge < -0.3 is 0 Å². The highest BCUT2D eigenvalue weighted by Crippen LogP contribution is 2.11. The van der Waals surface area contributed by atoms with Crippen LogP contribution in [0.3, 0.4) is 0 Å². The second-order valence-corrected chi connectivity index (χ2v) is 3.82. The number of nitriles is 1. The Bertz CT molecular complexity index is 554. The summed E-state index contributed by atoms with van der Waals surface area (Å²) in [6.07, 6.45) is -0.330. The van der Waals surface area contributed by atoms with E-state index < -0.39 is 17.8 Å². The van der Waals surface area contributed by atoms with E-state index in [1.807, 2.05) is 6.07 Å². The van der Waals surface area contributed by atoms with Crippen LogP contribution in [-0.2, 0) is 16.1 Å². The summed E-state index contributed by atoms with van der Waals surface area (Å²) in [6.45, 7) is 0.0491. The fourth-order valence-corrected chi connectivity index (χ4v) is 1.66. The lowest BCUT2D eigenvalue weighted by molar-refractivity contribution is -0.136. The van der Waals surface area contributed by atoms with Gasteiger partial charge in [-0.15, -0.1) is 0 Å². The summed E-state index contributed by atoms with van der Waals surface area (Å²) in [5, 5.41) is 10.8. The summed E-state index contributed by atoms with van der Waals surface area (Å²) in [7, 11) is 0. The molecule has 1 aromatic carbocycles. The van der Waals surface area contributed by atoms with Crippen LogP contribution in [0.1, 0.15) is 17.5 Å². The second kappa shape index (κ2) is 4.67. The van der Waals surface area contributed by atoms with Gasteiger partial charge in [0.25, 0.3) is 0 Å². The molecule has 1 aliphatic heterocycles. The number of nitrogens with one attached hydrogen (secondary N) is 1. The molecular formula is C12H9N3O3. The van der Waals surface area contributed by atoms with Crippen LogP contribution in [0, 0.1) is 11.3 Å². The molecule has 0 aliphatic carbocycles. The summed E-state index contributed by atoms with van der Waals surface area (Å²) in [5.74, 6) is -1.13. The number of benzene rings is 1. The quantitative estimate of drug-likeness (QED) is 0.767. The molecule has 0 atom stereocenters. The molecule has 1 aliphatic rings. The first-order valence-corrected chi connectivity index (χ1v) is 5.23. The van der Waals surface area contributed by atoms with Crippen molar-refractivity contribution in [3.63, 3.8) is 0 Å². The molecule has 0 saturated carbocycles. The molecule has 0 spiro atoms. The molecule has 90 valence electrons. The lowest BCUT2D eigenvalue weighted by Crippen LogP contribution is -2.52. The summed E-state index contributed by atoms with van der Waals surface area (Å²) < 4.78 is 0. The van der Waals surface area contributed by atoms with Crippen LogP contribution >= 0.6 is 0 Å². The topological polar surface area (TPSA) is 90.3 Å². The fourth-order valence-electron chi connectivity index (χ4n) is 1.66. The van der Waals surface area contributed by atoms with Gasteiger partial charge in [0, 0.05) is 0 Å². The highest BCUT2D eigenvalue weighted by molar-refractivity contribution is 6.13. The summed E-state index contributed by atoms with van der Waals surface area (Å²) in [5.41, 5.74) is 1.11. The van der Waals surface area contributed by atoms with Gasteiger partial charge in [-0.25, -0.2) is 4.79 Å². The Balaban J connectivity index is 2.18. The van der Waals surface area contributed by atoms with Gasteiger partial charge in [-0.05, 0) is 17.7 Å². The maximum Gasteiger partial charge on any atom is 0.331 e. The molecule has 0 aromatic heterocycles. The number of barbiturate groups is 1. The third-order valence-corrected chi connectivity index (χ3v) is 2.50. The highest BCUT2D eigenvalue weighted by Gasteiger charge is 2.30. The van der Waals surface area contributed by atoms with E-state index >= 15 is 0 Å². The van der Waals surface area contributed by atoms with Gasteiger partial charge in [-0.3, -0.25) is 19.8 Å². The third kappa shape index (κ3) is 2.35. The summed E-state index contributed by atoms with van der Waals surface area (Å²) in [6, 6.07) is 7.85. The molecule has 6 nitrogen and oxygen atoms in total. The van der Waals surface area contributed by atoms with E-state index in [1.165, 1.54) is 0 Å². The molecule has 1 N–H and O–H groups in total. The summed E-state index contributed by atoms with van der Waals surface area (Å²) in [4.78, 5) is 35.0. The zero-order valence-electron chi connectivity index (χ0n) is 9.34. The smallest absolute Gasteiger partial charge is 0.277 e. The molecule has 6 heteroatoms. The van der Waals surface area contributed by atoms with Crippen LogP contribution in [0.2, 0.25) is 0 Å². The Hall–Kier alpha value is -2.68. The minimum atomic E-state index is -0.724. The van der Waals surface area contributed by atoms with Crippen LogP contribution in [0.25, 0.3) is 0 Å². The van der Waals surface area contributed by atoms with E-state index in [-0.39, 0.29) is 13.0 Å². The van der Waals surface area contributed by atoms with Crippen LogP contribution < -0.4 is 5.32 Å². The first kappa shape index (κ1) is 11.8. The molecule has 1 fully saturated rings. The number of urea groups is 1.